The molecule has 2 aromatic rings. The third-order valence-electron chi connectivity index (χ3n) is 3.36. The minimum absolute atomic E-state index is 0.0821. The molecular weight excluding hydrogens is 268 g/mol. The lowest BCUT2D eigenvalue weighted by molar-refractivity contribution is -0.384. The lowest BCUT2D eigenvalue weighted by Gasteiger charge is -2.14. The number of nitro groups is 1. The molecule has 0 saturated heterocycles. The number of aliphatic hydroxyl groups is 1. The maximum absolute atomic E-state index is 10.6. The third kappa shape index (κ3) is 4.11. The molecule has 2 rings (SSSR count). The molecule has 0 aliphatic carbocycles. The summed E-state index contributed by atoms with van der Waals surface area (Å²) in [5.41, 5.74) is 2.99. The molecule has 0 saturated carbocycles. The van der Waals surface area contributed by atoms with Crippen molar-refractivity contribution in [2.45, 2.75) is 19.6 Å². The van der Waals surface area contributed by atoms with E-state index in [4.69, 9.17) is 0 Å². The number of benzene rings is 2. The zero-order chi connectivity index (χ0) is 15.2. The largest absolute Gasteiger partial charge is 0.387 e. The van der Waals surface area contributed by atoms with Crippen LogP contribution in [0.15, 0.2) is 48.5 Å². The van der Waals surface area contributed by atoms with E-state index < -0.39 is 11.0 Å². The molecule has 0 aliphatic rings. The van der Waals surface area contributed by atoms with Crippen LogP contribution in [0.3, 0.4) is 0 Å². The molecule has 5 nitrogen and oxygen atoms in total. The number of nitrogens with one attached hydrogen (secondary N) is 1. The van der Waals surface area contributed by atoms with Crippen molar-refractivity contribution >= 4 is 5.69 Å². The fourth-order valence-corrected chi connectivity index (χ4v) is 2.16. The van der Waals surface area contributed by atoms with E-state index in [1.165, 1.54) is 12.1 Å². The van der Waals surface area contributed by atoms with Crippen LogP contribution in [0.2, 0.25) is 0 Å². The molecular formula is C16H18N2O3. The molecule has 0 aromatic heterocycles. The van der Waals surface area contributed by atoms with Crippen molar-refractivity contribution in [3.8, 4) is 0 Å². The Bertz CT molecular complexity index is 611. The van der Waals surface area contributed by atoms with Gasteiger partial charge in [-0.25, -0.2) is 0 Å². The van der Waals surface area contributed by atoms with Gasteiger partial charge in [-0.05, 0) is 23.6 Å². The summed E-state index contributed by atoms with van der Waals surface area (Å²) in [5.74, 6) is 0. The lowest BCUT2D eigenvalue weighted by atomic mass is 10.0. The van der Waals surface area contributed by atoms with Gasteiger partial charge in [0.1, 0.15) is 0 Å². The first-order valence-electron chi connectivity index (χ1n) is 6.75. The fraction of sp³-hybridized carbons (Fsp3) is 0.250. The average molecular weight is 286 g/mol. The Balaban J connectivity index is 1.86. The van der Waals surface area contributed by atoms with Crippen molar-refractivity contribution in [2.75, 3.05) is 6.54 Å². The maximum atomic E-state index is 10.6. The van der Waals surface area contributed by atoms with Gasteiger partial charge in [0.25, 0.3) is 5.69 Å². The second-order valence-electron chi connectivity index (χ2n) is 4.93. The van der Waals surface area contributed by atoms with E-state index in [-0.39, 0.29) is 5.69 Å². The van der Waals surface area contributed by atoms with Crippen molar-refractivity contribution in [2.24, 2.45) is 0 Å². The monoisotopic (exact) mass is 286 g/mol. The van der Waals surface area contributed by atoms with Gasteiger partial charge in [-0.1, -0.05) is 36.4 Å². The molecule has 21 heavy (non-hydrogen) atoms. The van der Waals surface area contributed by atoms with Gasteiger partial charge < -0.3 is 10.4 Å². The zero-order valence-corrected chi connectivity index (χ0v) is 11.8. The van der Waals surface area contributed by atoms with Crippen LogP contribution in [0.25, 0.3) is 0 Å². The Morgan fingerprint density at radius 1 is 1.19 bits per heavy atom. The second kappa shape index (κ2) is 6.97. The number of non-ortho nitro benzene ring substituents is 1. The minimum Gasteiger partial charge on any atom is -0.387 e. The van der Waals surface area contributed by atoms with Crippen molar-refractivity contribution in [1.82, 2.24) is 5.32 Å². The van der Waals surface area contributed by atoms with Gasteiger partial charge in [0.05, 0.1) is 11.0 Å². The Morgan fingerprint density at radius 2 is 1.86 bits per heavy atom. The molecule has 0 heterocycles. The van der Waals surface area contributed by atoms with Crippen LogP contribution >= 0.6 is 0 Å². The summed E-state index contributed by atoms with van der Waals surface area (Å²) in [5, 5.41) is 23.9. The molecule has 0 radical (unpaired) electrons. The van der Waals surface area contributed by atoms with Gasteiger partial charge in [0.2, 0.25) is 0 Å². The van der Waals surface area contributed by atoms with Crippen LogP contribution in [0, 0.1) is 17.0 Å². The highest BCUT2D eigenvalue weighted by molar-refractivity contribution is 5.33. The number of rotatable bonds is 6. The summed E-state index contributed by atoms with van der Waals surface area (Å²) in [6.07, 6.45) is -0.566. The van der Waals surface area contributed by atoms with E-state index >= 15 is 0 Å². The molecule has 110 valence electrons. The Hall–Kier alpha value is -2.24. The molecule has 1 atom stereocenters. The van der Waals surface area contributed by atoms with E-state index in [0.29, 0.717) is 13.1 Å². The summed E-state index contributed by atoms with van der Waals surface area (Å²) in [7, 11) is 0. The van der Waals surface area contributed by atoms with Gasteiger partial charge in [0, 0.05) is 25.2 Å². The number of nitrogens with zero attached hydrogens (tertiary/aromatic N) is 1. The van der Waals surface area contributed by atoms with Crippen LogP contribution in [0.1, 0.15) is 22.8 Å². The van der Waals surface area contributed by atoms with E-state index in [1.807, 2.05) is 31.2 Å². The van der Waals surface area contributed by atoms with E-state index in [9.17, 15) is 15.2 Å². The van der Waals surface area contributed by atoms with Crippen LogP contribution in [0.4, 0.5) is 5.69 Å². The van der Waals surface area contributed by atoms with Crippen LogP contribution in [0.5, 0.6) is 0 Å². The van der Waals surface area contributed by atoms with E-state index in [1.54, 1.807) is 12.1 Å². The average Bonchev–Trinajstić information content (AvgIpc) is 2.48. The van der Waals surface area contributed by atoms with Gasteiger partial charge >= 0.3 is 0 Å². The molecule has 0 fully saturated rings. The van der Waals surface area contributed by atoms with E-state index in [0.717, 1.165) is 16.7 Å². The smallest absolute Gasteiger partial charge is 0.269 e. The molecule has 2 N–H and O–H groups in total. The van der Waals surface area contributed by atoms with Crippen LogP contribution < -0.4 is 5.32 Å². The van der Waals surface area contributed by atoms with Gasteiger partial charge in [-0.3, -0.25) is 10.1 Å². The molecule has 1 unspecified atom stereocenters. The Kier molecular flexibility index (Phi) is 5.03. The molecule has 2 aromatic carbocycles. The number of hydrogen-bond donors (Lipinski definition) is 2. The quantitative estimate of drug-likeness (QED) is 0.632. The first-order chi connectivity index (χ1) is 10.1. The third-order valence-corrected chi connectivity index (χ3v) is 3.36. The topological polar surface area (TPSA) is 75.4 Å². The van der Waals surface area contributed by atoms with Crippen molar-refractivity contribution in [3.63, 3.8) is 0 Å². The van der Waals surface area contributed by atoms with E-state index in [2.05, 4.69) is 5.32 Å². The van der Waals surface area contributed by atoms with Gasteiger partial charge in [-0.2, -0.15) is 0 Å². The maximum Gasteiger partial charge on any atom is 0.269 e. The highest BCUT2D eigenvalue weighted by Gasteiger charge is 2.09. The molecule has 0 bridgehead atoms. The van der Waals surface area contributed by atoms with Crippen LogP contribution in [-0.4, -0.2) is 16.6 Å². The first kappa shape index (κ1) is 15.2. The summed E-state index contributed by atoms with van der Waals surface area (Å²) in [4.78, 5) is 10.1. The molecule has 5 heteroatoms. The summed E-state index contributed by atoms with van der Waals surface area (Å²) < 4.78 is 0. The predicted octanol–water partition coefficient (Wildman–Crippen LogP) is 2.73. The number of hydrogen-bond acceptors (Lipinski definition) is 4. The second-order valence-corrected chi connectivity index (χ2v) is 4.93. The standard InChI is InChI=1S/C16H18N2O3/c1-12-4-2-3-5-15(12)16(19)11-17-10-13-6-8-14(9-7-13)18(20)21/h2-9,16-17,19H,10-11H2,1H3. The lowest BCUT2D eigenvalue weighted by Crippen LogP contribution is -2.21. The zero-order valence-electron chi connectivity index (χ0n) is 11.8. The highest BCUT2D eigenvalue weighted by atomic mass is 16.6. The summed E-state index contributed by atoms with van der Waals surface area (Å²) in [6.45, 7) is 2.96. The number of aliphatic hydroxyl groups excluding tert-OH is 1. The van der Waals surface area contributed by atoms with Crippen molar-refractivity contribution in [3.05, 3.63) is 75.3 Å². The first-order valence-corrected chi connectivity index (χ1v) is 6.75. The summed E-state index contributed by atoms with van der Waals surface area (Å²) in [6, 6.07) is 14.1. The Labute approximate surface area is 123 Å². The Morgan fingerprint density at radius 3 is 2.48 bits per heavy atom. The molecule has 0 amide bonds. The van der Waals surface area contributed by atoms with Crippen molar-refractivity contribution in [1.29, 1.82) is 0 Å². The van der Waals surface area contributed by atoms with Crippen LogP contribution in [-0.2, 0) is 6.54 Å². The van der Waals surface area contributed by atoms with Crippen molar-refractivity contribution < 1.29 is 10.0 Å². The van der Waals surface area contributed by atoms with Gasteiger partial charge in [-0.15, -0.1) is 0 Å². The molecule has 0 aliphatic heterocycles. The number of aryl methyl sites for hydroxylation is 1. The normalized spacial score (nSPS) is 12.1. The number of nitro benzene ring substituents is 1. The predicted molar refractivity (Wildman–Crippen MR) is 80.9 cm³/mol. The minimum atomic E-state index is -0.566. The fourth-order valence-electron chi connectivity index (χ4n) is 2.16. The molecule has 0 spiro atoms. The van der Waals surface area contributed by atoms with Gasteiger partial charge in [0.15, 0.2) is 0 Å². The highest BCUT2D eigenvalue weighted by Crippen LogP contribution is 2.16. The SMILES string of the molecule is Cc1ccccc1C(O)CNCc1ccc([N+](=O)[O-])cc1. The summed E-state index contributed by atoms with van der Waals surface area (Å²) >= 11 is 0.